The van der Waals surface area contributed by atoms with E-state index in [2.05, 4.69) is 62.6 Å². The smallest absolute Gasteiger partial charge is 0.194 e. The van der Waals surface area contributed by atoms with E-state index in [1.165, 1.54) is 10.6 Å². The van der Waals surface area contributed by atoms with Crippen molar-refractivity contribution >= 4 is 46.3 Å². The molecule has 0 aromatic carbocycles. The van der Waals surface area contributed by atoms with Crippen LogP contribution < -0.4 is 10.2 Å². The molecule has 0 aliphatic carbocycles. The number of nitrogens with zero attached hydrogens (tertiary/aromatic N) is 4. The monoisotopic (exact) mass is 459 g/mol. The summed E-state index contributed by atoms with van der Waals surface area (Å²) in [5.41, 5.74) is 1.25. The Kier molecular flexibility index (Phi) is 7.41. The van der Waals surface area contributed by atoms with Crippen LogP contribution in [0.3, 0.4) is 0 Å². The van der Waals surface area contributed by atoms with E-state index >= 15 is 0 Å². The number of piperazine rings is 1. The molecule has 1 saturated heterocycles. The second-order valence-corrected chi connectivity index (χ2v) is 6.71. The van der Waals surface area contributed by atoms with Crippen molar-refractivity contribution < 1.29 is 0 Å². The van der Waals surface area contributed by atoms with Gasteiger partial charge in [-0.2, -0.15) is 0 Å². The minimum absolute atomic E-state index is 0. The molecule has 0 radical (unpaired) electrons. The first-order valence-corrected chi connectivity index (χ1v) is 9.07. The number of hydrogen-bond acceptors (Lipinski definition) is 3. The van der Waals surface area contributed by atoms with Crippen LogP contribution in [0.15, 0.2) is 41.0 Å². The van der Waals surface area contributed by atoms with Crippen molar-refractivity contribution in [2.24, 2.45) is 12.0 Å². The van der Waals surface area contributed by atoms with Gasteiger partial charge < -0.3 is 19.7 Å². The Hall–Kier alpha value is -1.22. The number of guanidine groups is 1. The van der Waals surface area contributed by atoms with Crippen LogP contribution in [-0.2, 0) is 13.6 Å². The van der Waals surface area contributed by atoms with Crippen molar-refractivity contribution in [2.45, 2.75) is 13.5 Å². The predicted molar refractivity (Wildman–Crippen MR) is 114 cm³/mol. The lowest BCUT2D eigenvalue weighted by molar-refractivity contribution is 0.373. The molecule has 0 atom stereocenters. The molecule has 2 aromatic heterocycles. The summed E-state index contributed by atoms with van der Waals surface area (Å²) in [5.74, 6) is 1.03. The van der Waals surface area contributed by atoms with Crippen LogP contribution in [0.1, 0.15) is 12.5 Å². The highest BCUT2D eigenvalue weighted by molar-refractivity contribution is 14.0. The van der Waals surface area contributed by atoms with Crippen molar-refractivity contribution in [3.8, 4) is 0 Å². The average Bonchev–Trinajstić information content (AvgIpc) is 3.23. The fraction of sp³-hybridized carbons (Fsp3) is 0.471. The van der Waals surface area contributed by atoms with Gasteiger partial charge in [-0.05, 0) is 36.1 Å². The molecule has 24 heavy (non-hydrogen) atoms. The van der Waals surface area contributed by atoms with Gasteiger partial charge in [-0.15, -0.1) is 35.3 Å². The zero-order valence-corrected chi connectivity index (χ0v) is 17.5. The van der Waals surface area contributed by atoms with Crippen molar-refractivity contribution in [2.75, 3.05) is 37.6 Å². The summed E-state index contributed by atoms with van der Waals surface area (Å²) in [4.78, 5) is 9.64. The third-order valence-corrected chi connectivity index (χ3v) is 4.97. The molecule has 0 spiro atoms. The van der Waals surface area contributed by atoms with Crippen molar-refractivity contribution in [3.63, 3.8) is 0 Å². The van der Waals surface area contributed by atoms with Crippen LogP contribution in [0.25, 0.3) is 0 Å². The second kappa shape index (κ2) is 9.31. The molecule has 1 N–H and O–H groups in total. The minimum atomic E-state index is 0. The summed E-state index contributed by atoms with van der Waals surface area (Å²) < 4.78 is 2.07. The first-order chi connectivity index (χ1) is 11.3. The molecule has 5 nitrogen and oxygen atoms in total. The van der Waals surface area contributed by atoms with E-state index in [4.69, 9.17) is 4.99 Å². The number of halogens is 1. The van der Waals surface area contributed by atoms with Gasteiger partial charge in [-0.1, -0.05) is 0 Å². The van der Waals surface area contributed by atoms with Gasteiger partial charge in [0.1, 0.15) is 0 Å². The Bertz CT molecular complexity index is 629. The molecule has 132 valence electrons. The predicted octanol–water partition coefficient (Wildman–Crippen LogP) is 2.99. The number of thiophene rings is 1. The first kappa shape index (κ1) is 19.1. The number of aliphatic imine (C=N–C) groups is 1. The molecule has 0 saturated carbocycles. The van der Waals surface area contributed by atoms with E-state index in [1.807, 2.05) is 18.4 Å². The molecular weight excluding hydrogens is 433 g/mol. The van der Waals surface area contributed by atoms with E-state index < -0.39 is 0 Å². The van der Waals surface area contributed by atoms with E-state index in [9.17, 15) is 0 Å². The fourth-order valence-electron chi connectivity index (χ4n) is 2.83. The van der Waals surface area contributed by atoms with Crippen molar-refractivity contribution in [1.29, 1.82) is 0 Å². The normalized spacial score (nSPS) is 15.3. The van der Waals surface area contributed by atoms with Crippen molar-refractivity contribution in [3.05, 3.63) is 41.5 Å². The lowest BCUT2D eigenvalue weighted by Crippen LogP contribution is -2.52. The van der Waals surface area contributed by atoms with Gasteiger partial charge in [0.15, 0.2) is 5.96 Å². The van der Waals surface area contributed by atoms with Crippen LogP contribution in [0.5, 0.6) is 0 Å². The van der Waals surface area contributed by atoms with Gasteiger partial charge in [0, 0.05) is 52.2 Å². The zero-order valence-electron chi connectivity index (χ0n) is 14.3. The van der Waals surface area contributed by atoms with Crippen LogP contribution in [0, 0.1) is 0 Å². The molecule has 7 heteroatoms. The Morgan fingerprint density at radius 1 is 1.25 bits per heavy atom. The highest BCUT2D eigenvalue weighted by Crippen LogP contribution is 2.22. The van der Waals surface area contributed by atoms with Gasteiger partial charge in [-0.25, -0.2) is 4.99 Å². The maximum Gasteiger partial charge on any atom is 0.194 e. The topological polar surface area (TPSA) is 35.8 Å². The third-order valence-electron chi connectivity index (χ3n) is 4.04. The molecule has 3 heterocycles. The average molecular weight is 459 g/mol. The quantitative estimate of drug-likeness (QED) is 0.434. The van der Waals surface area contributed by atoms with Gasteiger partial charge in [0.2, 0.25) is 0 Å². The standard InChI is InChI=1S/C17H25N5S.HI/c1-3-18-17(19-13-15-6-7-20(2)14-15)22-10-8-21(9-11-22)16-5-4-12-23-16;/h4-7,12,14H,3,8-11,13H2,1-2H3,(H,18,19);1H. The summed E-state index contributed by atoms with van der Waals surface area (Å²) in [6, 6.07) is 6.45. The summed E-state index contributed by atoms with van der Waals surface area (Å²) in [6.45, 7) is 7.89. The largest absolute Gasteiger partial charge is 0.360 e. The van der Waals surface area contributed by atoms with E-state index in [0.29, 0.717) is 0 Å². The van der Waals surface area contributed by atoms with E-state index in [-0.39, 0.29) is 24.0 Å². The summed E-state index contributed by atoms with van der Waals surface area (Å²) in [7, 11) is 2.04. The number of aromatic nitrogens is 1. The molecule has 0 amide bonds. The lowest BCUT2D eigenvalue weighted by atomic mass is 10.3. The SMILES string of the molecule is CCNC(=NCc1ccn(C)c1)N1CCN(c2cccs2)CC1.I. The summed E-state index contributed by atoms with van der Waals surface area (Å²) in [6.07, 6.45) is 4.19. The Morgan fingerprint density at radius 3 is 2.62 bits per heavy atom. The molecule has 3 rings (SSSR count). The van der Waals surface area contributed by atoms with E-state index in [1.54, 1.807) is 0 Å². The Morgan fingerprint density at radius 2 is 2.04 bits per heavy atom. The minimum Gasteiger partial charge on any atom is -0.360 e. The number of anilines is 1. The summed E-state index contributed by atoms with van der Waals surface area (Å²) >= 11 is 1.82. The van der Waals surface area contributed by atoms with Crippen LogP contribution in [0.2, 0.25) is 0 Å². The number of aryl methyl sites for hydroxylation is 1. The molecule has 0 unspecified atom stereocenters. The maximum absolute atomic E-state index is 4.81. The van der Waals surface area contributed by atoms with Crippen LogP contribution in [-0.4, -0.2) is 48.2 Å². The zero-order chi connectivity index (χ0) is 16.1. The lowest BCUT2D eigenvalue weighted by Gasteiger charge is -2.37. The Balaban J connectivity index is 0.00000208. The third kappa shape index (κ3) is 4.89. The first-order valence-electron chi connectivity index (χ1n) is 8.19. The summed E-state index contributed by atoms with van der Waals surface area (Å²) in [5, 5.41) is 6.95. The van der Waals surface area contributed by atoms with Crippen molar-refractivity contribution in [1.82, 2.24) is 14.8 Å². The molecule has 0 bridgehead atoms. The number of nitrogens with one attached hydrogen (secondary N) is 1. The van der Waals surface area contributed by atoms with Crippen LogP contribution in [0.4, 0.5) is 5.00 Å². The molecule has 1 aliphatic heterocycles. The van der Waals surface area contributed by atoms with Gasteiger partial charge in [0.05, 0.1) is 11.5 Å². The highest BCUT2D eigenvalue weighted by atomic mass is 127. The second-order valence-electron chi connectivity index (χ2n) is 5.78. The number of hydrogen-bond donors (Lipinski definition) is 1. The molecule has 2 aromatic rings. The van der Waals surface area contributed by atoms with Gasteiger partial charge in [0.25, 0.3) is 0 Å². The fourth-order valence-corrected chi connectivity index (χ4v) is 3.62. The maximum atomic E-state index is 4.81. The Labute approximate surface area is 165 Å². The van der Waals surface area contributed by atoms with Gasteiger partial charge >= 0.3 is 0 Å². The molecule has 1 aliphatic rings. The molecular formula is C17H26IN5S. The van der Waals surface area contributed by atoms with Crippen LogP contribution >= 0.6 is 35.3 Å². The highest BCUT2D eigenvalue weighted by Gasteiger charge is 2.20. The number of rotatable bonds is 4. The van der Waals surface area contributed by atoms with E-state index in [0.717, 1.165) is 45.2 Å². The van der Waals surface area contributed by atoms with Gasteiger partial charge in [-0.3, -0.25) is 0 Å². The molecule has 1 fully saturated rings.